The molecule has 134 valence electrons. The van der Waals surface area contributed by atoms with Gasteiger partial charge in [-0.15, -0.1) is 0 Å². The number of halogens is 3. The van der Waals surface area contributed by atoms with Gasteiger partial charge in [0.25, 0.3) is 0 Å². The van der Waals surface area contributed by atoms with Gasteiger partial charge in [-0.25, -0.2) is 0 Å². The number of rotatable bonds is 6. The average Bonchev–Trinajstić information content (AvgIpc) is 2.97. The van der Waals surface area contributed by atoms with E-state index >= 15 is 0 Å². The van der Waals surface area contributed by atoms with Gasteiger partial charge in [-0.05, 0) is 25.6 Å². The van der Waals surface area contributed by atoms with Crippen LogP contribution in [-0.2, 0) is 11.3 Å². The lowest BCUT2D eigenvalue weighted by Crippen LogP contribution is -2.53. The first kappa shape index (κ1) is 18.7. The number of nitrogens with zero attached hydrogens (tertiary/aromatic N) is 2. The first-order valence-electron chi connectivity index (χ1n) is 8.03. The van der Waals surface area contributed by atoms with Crippen LogP contribution in [0.1, 0.15) is 12.0 Å². The summed E-state index contributed by atoms with van der Waals surface area (Å²) in [6, 6.07) is 9.36. The number of likely N-dealkylation sites (N-methyl/N-ethyl adjacent to an activating group) is 2. The molecule has 1 atom stereocenters. The van der Waals surface area contributed by atoms with Crippen LogP contribution in [0, 0.1) is 5.41 Å². The number of carbonyl (C=O) groups is 1. The van der Waals surface area contributed by atoms with Crippen LogP contribution in [0.4, 0.5) is 13.2 Å². The lowest BCUT2D eigenvalue weighted by Gasteiger charge is -2.34. The quantitative estimate of drug-likeness (QED) is 0.859. The van der Waals surface area contributed by atoms with Gasteiger partial charge < -0.3 is 10.2 Å². The van der Waals surface area contributed by atoms with E-state index in [1.165, 1.54) is 11.9 Å². The molecule has 7 heteroatoms. The Morgan fingerprint density at radius 3 is 2.58 bits per heavy atom. The highest BCUT2D eigenvalue weighted by molar-refractivity contribution is 5.84. The van der Waals surface area contributed by atoms with Crippen LogP contribution in [0.3, 0.4) is 0 Å². The summed E-state index contributed by atoms with van der Waals surface area (Å²) in [6.45, 7) is 1.12. The standard InChI is InChI=1S/C17H24F3N3O/c1-21-9-11-22(2)15(24)16(17(18,19)20)8-10-23(13-16)12-14-6-4-3-5-7-14/h3-7,21H,8-13H2,1-2H3. The van der Waals surface area contributed by atoms with E-state index in [0.29, 0.717) is 13.1 Å². The Labute approximate surface area is 140 Å². The molecule has 1 unspecified atom stereocenters. The lowest BCUT2D eigenvalue weighted by molar-refractivity contribution is -0.223. The normalized spacial score (nSPS) is 21.9. The van der Waals surface area contributed by atoms with E-state index < -0.39 is 17.5 Å². The number of benzene rings is 1. The molecule has 1 N–H and O–H groups in total. The third-order valence-electron chi connectivity index (χ3n) is 4.59. The molecule has 4 nitrogen and oxygen atoms in total. The highest BCUT2D eigenvalue weighted by Gasteiger charge is 2.63. The van der Waals surface area contributed by atoms with Crippen LogP contribution < -0.4 is 5.32 Å². The summed E-state index contributed by atoms with van der Waals surface area (Å²) in [6.07, 6.45) is -4.74. The minimum Gasteiger partial charge on any atom is -0.344 e. The second-order valence-electron chi connectivity index (χ2n) is 6.36. The van der Waals surface area contributed by atoms with E-state index in [4.69, 9.17) is 0 Å². The summed E-state index contributed by atoms with van der Waals surface area (Å²) < 4.78 is 41.3. The largest absolute Gasteiger partial charge is 0.404 e. The van der Waals surface area contributed by atoms with Crippen molar-refractivity contribution in [3.05, 3.63) is 35.9 Å². The maximum atomic E-state index is 13.8. The smallest absolute Gasteiger partial charge is 0.344 e. The molecule has 1 aromatic rings. The molecule has 1 amide bonds. The van der Waals surface area contributed by atoms with Gasteiger partial charge in [0.05, 0.1) is 0 Å². The van der Waals surface area contributed by atoms with Crippen molar-refractivity contribution >= 4 is 5.91 Å². The van der Waals surface area contributed by atoms with Gasteiger partial charge >= 0.3 is 6.18 Å². The van der Waals surface area contributed by atoms with Crippen LogP contribution in [0.15, 0.2) is 30.3 Å². The maximum absolute atomic E-state index is 13.8. The van der Waals surface area contributed by atoms with E-state index in [-0.39, 0.29) is 26.1 Å². The molecule has 0 aliphatic carbocycles. The molecule has 2 rings (SSSR count). The topological polar surface area (TPSA) is 35.6 Å². The lowest BCUT2D eigenvalue weighted by atomic mass is 9.84. The fraction of sp³-hybridized carbons (Fsp3) is 0.588. The van der Waals surface area contributed by atoms with E-state index in [2.05, 4.69) is 5.32 Å². The zero-order valence-corrected chi connectivity index (χ0v) is 14.1. The molecule has 1 aliphatic rings. The van der Waals surface area contributed by atoms with Crippen molar-refractivity contribution in [2.24, 2.45) is 5.41 Å². The third kappa shape index (κ3) is 3.89. The van der Waals surface area contributed by atoms with Crippen LogP contribution >= 0.6 is 0 Å². The Morgan fingerprint density at radius 1 is 1.33 bits per heavy atom. The molecule has 0 radical (unpaired) electrons. The Bertz CT molecular complexity index is 550. The number of hydrogen-bond donors (Lipinski definition) is 1. The first-order chi connectivity index (χ1) is 11.3. The zero-order valence-electron chi connectivity index (χ0n) is 14.1. The molecular weight excluding hydrogens is 319 g/mol. The van der Waals surface area contributed by atoms with Crippen LogP contribution in [0.25, 0.3) is 0 Å². The summed E-state index contributed by atoms with van der Waals surface area (Å²) in [5, 5.41) is 2.85. The van der Waals surface area contributed by atoms with Gasteiger partial charge in [0, 0.05) is 33.2 Å². The second kappa shape index (κ2) is 7.53. The molecule has 1 aromatic carbocycles. The molecule has 0 saturated carbocycles. The summed E-state index contributed by atoms with van der Waals surface area (Å²) in [4.78, 5) is 15.5. The van der Waals surface area contributed by atoms with E-state index in [9.17, 15) is 18.0 Å². The fourth-order valence-corrected chi connectivity index (χ4v) is 3.14. The summed E-state index contributed by atoms with van der Waals surface area (Å²) in [7, 11) is 3.14. The number of alkyl halides is 3. The van der Waals surface area contributed by atoms with Gasteiger partial charge in [0.15, 0.2) is 5.41 Å². The first-order valence-corrected chi connectivity index (χ1v) is 8.03. The minimum atomic E-state index is -4.55. The molecule has 1 fully saturated rings. The molecule has 0 aromatic heterocycles. The monoisotopic (exact) mass is 343 g/mol. The third-order valence-corrected chi connectivity index (χ3v) is 4.59. The molecule has 24 heavy (non-hydrogen) atoms. The molecular formula is C17H24F3N3O. The van der Waals surface area contributed by atoms with Crippen LogP contribution in [-0.4, -0.2) is 62.2 Å². The van der Waals surface area contributed by atoms with Gasteiger partial charge in [-0.2, -0.15) is 13.2 Å². The van der Waals surface area contributed by atoms with Crippen molar-refractivity contribution in [2.45, 2.75) is 19.1 Å². The zero-order chi connectivity index (χ0) is 17.8. The van der Waals surface area contributed by atoms with Gasteiger partial charge in [0.1, 0.15) is 0 Å². The van der Waals surface area contributed by atoms with Gasteiger partial charge in [0.2, 0.25) is 5.91 Å². The number of carbonyl (C=O) groups excluding carboxylic acids is 1. The van der Waals surface area contributed by atoms with Gasteiger partial charge in [-0.3, -0.25) is 9.69 Å². The Kier molecular flexibility index (Phi) is 5.87. The summed E-state index contributed by atoms with van der Waals surface area (Å²) in [5.41, 5.74) is -1.35. The predicted octanol–water partition coefficient (Wildman–Crippen LogP) is 2.12. The van der Waals surface area contributed by atoms with Crippen molar-refractivity contribution in [3.8, 4) is 0 Å². The second-order valence-corrected chi connectivity index (χ2v) is 6.36. The Hall–Kier alpha value is -1.60. The molecule has 0 bridgehead atoms. The Balaban J connectivity index is 2.14. The number of amides is 1. The Morgan fingerprint density at radius 2 is 2.00 bits per heavy atom. The molecule has 1 heterocycles. The number of hydrogen-bond acceptors (Lipinski definition) is 3. The summed E-state index contributed by atoms with van der Waals surface area (Å²) in [5.74, 6) is -0.833. The minimum absolute atomic E-state index is 0.188. The maximum Gasteiger partial charge on any atom is 0.404 e. The van der Waals surface area contributed by atoms with Crippen molar-refractivity contribution < 1.29 is 18.0 Å². The predicted molar refractivity (Wildman–Crippen MR) is 86.4 cm³/mol. The van der Waals surface area contributed by atoms with Crippen LogP contribution in [0.5, 0.6) is 0 Å². The van der Waals surface area contributed by atoms with Crippen molar-refractivity contribution in [1.82, 2.24) is 15.1 Å². The van der Waals surface area contributed by atoms with Crippen molar-refractivity contribution in [1.29, 1.82) is 0 Å². The average molecular weight is 343 g/mol. The molecule has 1 saturated heterocycles. The molecule has 1 aliphatic heterocycles. The number of nitrogens with one attached hydrogen (secondary N) is 1. The SMILES string of the molecule is CNCCN(C)C(=O)C1(C(F)(F)F)CCN(Cc2ccccc2)C1. The van der Waals surface area contributed by atoms with E-state index in [1.807, 2.05) is 30.3 Å². The van der Waals surface area contributed by atoms with E-state index in [0.717, 1.165) is 5.56 Å². The fourth-order valence-electron chi connectivity index (χ4n) is 3.14. The number of likely N-dealkylation sites (tertiary alicyclic amines) is 1. The molecule has 0 spiro atoms. The van der Waals surface area contributed by atoms with Gasteiger partial charge in [-0.1, -0.05) is 30.3 Å². The van der Waals surface area contributed by atoms with Crippen molar-refractivity contribution in [3.63, 3.8) is 0 Å². The highest BCUT2D eigenvalue weighted by Crippen LogP contribution is 2.47. The van der Waals surface area contributed by atoms with Crippen LogP contribution in [0.2, 0.25) is 0 Å². The van der Waals surface area contributed by atoms with E-state index in [1.54, 1.807) is 11.9 Å². The highest BCUT2D eigenvalue weighted by atomic mass is 19.4. The van der Waals surface area contributed by atoms with Crippen molar-refractivity contribution in [2.75, 3.05) is 40.3 Å². The summed E-state index contributed by atoms with van der Waals surface area (Å²) >= 11 is 0.